The molecule has 0 saturated carbocycles. The van der Waals surface area contributed by atoms with Gasteiger partial charge in [-0.15, -0.1) is 24.8 Å². The van der Waals surface area contributed by atoms with Crippen LogP contribution in [0.15, 0.2) is 18.3 Å². The largest absolute Gasteiger partial charge is 0.330 e. The first-order valence-corrected chi connectivity index (χ1v) is 3.13. The van der Waals surface area contributed by atoms with Crippen molar-refractivity contribution in [3.63, 3.8) is 0 Å². The minimum absolute atomic E-state index is 0. The minimum atomic E-state index is -0.305. The topological polar surface area (TPSA) is 38.9 Å². The van der Waals surface area contributed by atoms with Crippen molar-refractivity contribution < 1.29 is 4.39 Å². The van der Waals surface area contributed by atoms with E-state index in [9.17, 15) is 4.39 Å². The molecule has 0 aliphatic carbocycles. The van der Waals surface area contributed by atoms with E-state index in [1.165, 1.54) is 12.3 Å². The van der Waals surface area contributed by atoms with Crippen LogP contribution in [0.2, 0.25) is 0 Å². The van der Waals surface area contributed by atoms with Gasteiger partial charge in [0.2, 0.25) is 0 Å². The quantitative estimate of drug-likeness (QED) is 0.809. The number of rotatable bonds is 2. The van der Waals surface area contributed by atoms with Crippen LogP contribution in [0, 0.1) is 5.82 Å². The van der Waals surface area contributed by atoms with Gasteiger partial charge in [0.1, 0.15) is 5.82 Å². The van der Waals surface area contributed by atoms with E-state index in [2.05, 4.69) is 4.98 Å². The van der Waals surface area contributed by atoms with Gasteiger partial charge in [0, 0.05) is 12.1 Å². The molecule has 2 N–H and O–H groups in total. The molecule has 1 aromatic heterocycles. The van der Waals surface area contributed by atoms with Crippen LogP contribution in [-0.4, -0.2) is 11.5 Å². The number of hydrogen-bond acceptors (Lipinski definition) is 2. The molecule has 0 spiro atoms. The zero-order valence-electron chi connectivity index (χ0n) is 6.37. The number of aromatic nitrogens is 1. The van der Waals surface area contributed by atoms with E-state index in [1.54, 1.807) is 6.07 Å². The third-order valence-electron chi connectivity index (χ3n) is 1.19. The van der Waals surface area contributed by atoms with Gasteiger partial charge in [0.05, 0.1) is 6.20 Å². The van der Waals surface area contributed by atoms with Gasteiger partial charge in [-0.3, -0.25) is 4.98 Å². The smallest absolute Gasteiger partial charge is 0.141 e. The van der Waals surface area contributed by atoms with Gasteiger partial charge in [-0.2, -0.15) is 0 Å². The van der Waals surface area contributed by atoms with Crippen molar-refractivity contribution in [2.75, 3.05) is 6.54 Å². The number of nitrogens with two attached hydrogens (primary N) is 1. The molecular formula is C7H11Cl2FN2. The number of pyridine rings is 1. The maximum absolute atomic E-state index is 12.2. The van der Waals surface area contributed by atoms with Crippen molar-refractivity contribution in [1.29, 1.82) is 0 Å². The Balaban J connectivity index is 0. The molecule has 0 saturated heterocycles. The predicted octanol–water partition coefficient (Wildman–Crippen LogP) is 1.57. The Morgan fingerprint density at radius 1 is 1.33 bits per heavy atom. The van der Waals surface area contributed by atoms with Gasteiger partial charge in [-0.25, -0.2) is 4.39 Å². The van der Waals surface area contributed by atoms with Crippen LogP contribution in [0.3, 0.4) is 0 Å². The maximum atomic E-state index is 12.2. The van der Waals surface area contributed by atoms with Gasteiger partial charge in [0.25, 0.3) is 0 Å². The van der Waals surface area contributed by atoms with E-state index in [-0.39, 0.29) is 30.6 Å². The van der Waals surface area contributed by atoms with Gasteiger partial charge in [0.15, 0.2) is 0 Å². The predicted molar refractivity (Wildman–Crippen MR) is 51.4 cm³/mol. The number of nitrogens with zero attached hydrogens (tertiary/aromatic N) is 1. The molecule has 0 atom stereocenters. The lowest BCUT2D eigenvalue weighted by Gasteiger charge is -1.94. The molecule has 0 aliphatic rings. The second kappa shape index (κ2) is 7.28. The number of halogens is 3. The highest BCUT2D eigenvalue weighted by molar-refractivity contribution is 5.85. The average molecular weight is 213 g/mol. The van der Waals surface area contributed by atoms with E-state index in [4.69, 9.17) is 5.73 Å². The van der Waals surface area contributed by atoms with Crippen molar-refractivity contribution in [3.05, 3.63) is 29.8 Å². The molecule has 1 heterocycles. The van der Waals surface area contributed by atoms with Crippen molar-refractivity contribution in [3.8, 4) is 0 Å². The molecule has 0 amide bonds. The summed E-state index contributed by atoms with van der Waals surface area (Å²) in [6.07, 6.45) is 1.91. The maximum Gasteiger partial charge on any atom is 0.141 e. The van der Waals surface area contributed by atoms with Gasteiger partial charge >= 0.3 is 0 Å². The molecule has 2 nitrogen and oxygen atoms in total. The van der Waals surface area contributed by atoms with Crippen LogP contribution in [0.5, 0.6) is 0 Å². The summed E-state index contributed by atoms with van der Waals surface area (Å²) in [5.41, 5.74) is 6.10. The van der Waals surface area contributed by atoms with Crippen molar-refractivity contribution >= 4 is 24.8 Å². The molecule has 1 rings (SSSR count). The Morgan fingerprint density at radius 3 is 2.42 bits per heavy atom. The van der Waals surface area contributed by atoms with E-state index in [0.717, 1.165) is 5.69 Å². The van der Waals surface area contributed by atoms with Crippen molar-refractivity contribution in [2.24, 2.45) is 5.73 Å². The summed E-state index contributed by atoms with van der Waals surface area (Å²) in [6.45, 7) is 0.554. The van der Waals surface area contributed by atoms with Crippen LogP contribution < -0.4 is 5.73 Å². The summed E-state index contributed by atoms with van der Waals surface area (Å²) in [7, 11) is 0. The molecule has 0 radical (unpaired) electrons. The van der Waals surface area contributed by atoms with Gasteiger partial charge < -0.3 is 5.73 Å². The second-order valence-corrected chi connectivity index (χ2v) is 2.01. The minimum Gasteiger partial charge on any atom is -0.330 e. The molecule has 0 aromatic carbocycles. The lowest BCUT2D eigenvalue weighted by atomic mass is 10.3. The molecule has 12 heavy (non-hydrogen) atoms. The fourth-order valence-corrected chi connectivity index (χ4v) is 0.702. The van der Waals surface area contributed by atoms with Crippen LogP contribution in [-0.2, 0) is 6.42 Å². The van der Waals surface area contributed by atoms with Gasteiger partial charge in [-0.1, -0.05) is 0 Å². The Morgan fingerprint density at radius 2 is 2.00 bits per heavy atom. The zero-order valence-corrected chi connectivity index (χ0v) is 8.00. The zero-order chi connectivity index (χ0) is 7.40. The summed E-state index contributed by atoms with van der Waals surface area (Å²) < 4.78 is 12.2. The highest BCUT2D eigenvalue weighted by Crippen LogP contribution is 1.97. The Labute approximate surface area is 83.2 Å². The molecule has 0 bridgehead atoms. The first kappa shape index (κ1) is 14.2. The standard InChI is InChI=1S/C7H9FN2.2ClH/c8-6-1-2-7(3-4-9)10-5-6;;/h1-2,5H,3-4,9H2;2*1H. The van der Waals surface area contributed by atoms with E-state index >= 15 is 0 Å². The number of hydrogen-bond donors (Lipinski definition) is 1. The fourth-order valence-electron chi connectivity index (χ4n) is 0.702. The summed E-state index contributed by atoms with van der Waals surface area (Å²) in [4.78, 5) is 3.81. The van der Waals surface area contributed by atoms with Crippen molar-refractivity contribution in [1.82, 2.24) is 4.98 Å². The van der Waals surface area contributed by atoms with E-state index in [1.807, 2.05) is 0 Å². The highest BCUT2D eigenvalue weighted by Gasteiger charge is 1.91. The SMILES string of the molecule is Cl.Cl.NCCc1ccc(F)cn1. The molecule has 0 unspecified atom stereocenters. The Kier molecular flexibility index (Phi) is 8.59. The summed E-state index contributed by atoms with van der Waals surface area (Å²) in [6, 6.07) is 3.03. The molecule has 5 heteroatoms. The van der Waals surface area contributed by atoms with Crippen molar-refractivity contribution in [2.45, 2.75) is 6.42 Å². The van der Waals surface area contributed by atoms with Crippen LogP contribution in [0.1, 0.15) is 5.69 Å². The molecular weight excluding hydrogens is 202 g/mol. The Hall–Kier alpha value is -0.380. The lowest BCUT2D eigenvalue weighted by molar-refractivity contribution is 0.619. The van der Waals surface area contributed by atoms with Crippen LogP contribution in [0.25, 0.3) is 0 Å². The first-order chi connectivity index (χ1) is 4.83. The second-order valence-electron chi connectivity index (χ2n) is 2.01. The normalized spacial score (nSPS) is 8.17. The third-order valence-corrected chi connectivity index (χ3v) is 1.19. The molecule has 0 fully saturated rings. The average Bonchev–Trinajstić information content (AvgIpc) is 1.95. The highest BCUT2D eigenvalue weighted by atomic mass is 35.5. The first-order valence-electron chi connectivity index (χ1n) is 3.13. The molecule has 0 aliphatic heterocycles. The molecule has 1 aromatic rings. The monoisotopic (exact) mass is 212 g/mol. The van der Waals surface area contributed by atoms with Gasteiger partial charge in [-0.05, 0) is 18.7 Å². The molecule has 70 valence electrons. The summed E-state index contributed by atoms with van der Waals surface area (Å²) >= 11 is 0. The Bertz CT molecular complexity index is 203. The fraction of sp³-hybridized carbons (Fsp3) is 0.286. The van der Waals surface area contributed by atoms with Crippen LogP contribution in [0.4, 0.5) is 4.39 Å². The lowest BCUT2D eigenvalue weighted by Crippen LogP contribution is -2.03. The summed E-state index contributed by atoms with van der Waals surface area (Å²) in [5, 5.41) is 0. The summed E-state index contributed by atoms with van der Waals surface area (Å²) in [5.74, 6) is -0.305. The third kappa shape index (κ3) is 4.49. The van der Waals surface area contributed by atoms with E-state index in [0.29, 0.717) is 13.0 Å². The van der Waals surface area contributed by atoms with Crippen LogP contribution >= 0.6 is 24.8 Å². The van der Waals surface area contributed by atoms with E-state index < -0.39 is 0 Å².